The van der Waals surface area contributed by atoms with Gasteiger partial charge in [0.25, 0.3) is 0 Å². The number of hydrogen-bond donors (Lipinski definition) is 2. The van der Waals surface area contributed by atoms with Gasteiger partial charge in [-0.1, -0.05) is 12.1 Å². The van der Waals surface area contributed by atoms with E-state index in [0.717, 1.165) is 27.0 Å². The van der Waals surface area contributed by atoms with E-state index in [1.54, 1.807) is 12.1 Å². The lowest BCUT2D eigenvalue weighted by Gasteiger charge is -2.08. The standard InChI is InChI=1S/C18H13FN4S/c19-12-3-1-11(2-4-12)15-9-24-18-16(15)17(21-10-22-18)23-14-7-5-13(20)6-8-14/h1-10H,20H2,(H,21,22,23). The minimum Gasteiger partial charge on any atom is -0.399 e. The number of fused-ring (bicyclic) bond motifs is 1. The predicted octanol–water partition coefficient (Wildman–Crippen LogP) is 4.82. The van der Waals surface area contributed by atoms with E-state index >= 15 is 0 Å². The van der Waals surface area contributed by atoms with Gasteiger partial charge in [-0.15, -0.1) is 11.3 Å². The molecule has 0 amide bonds. The number of aromatic nitrogens is 2. The van der Waals surface area contributed by atoms with Crippen LogP contribution in [0.1, 0.15) is 0 Å². The van der Waals surface area contributed by atoms with Crippen LogP contribution in [0.15, 0.2) is 60.2 Å². The summed E-state index contributed by atoms with van der Waals surface area (Å²) in [6.07, 6.45) is 1.53. The Hall–Kier alpha value is -2.99. The van der Waals surface area contributed by atoms with E-state index in [1.165, 1.54) is 29.8 Å². The maximum absolute atomic E-state index is 13.2. The Labute approximate surface area is 141 Å². The van der Waals surface area contributed by atoms with Gasteiger partial charge >= 0.3 is 0 Å². The lowest BCUT2D eigenvalue weighted by atomic mass is 10.1. The molecule has 0 saturated heterocycles. The second-order valence-corrected chi connectivity index (χ2v) is 6.16. The van der Waals surface area contributed by atoms with E-state index in [2.05, 4.69) is 15.3 Å². The van der Waals surface area contributed by atoms with E-state index in [4.69, 9.17) is 5.73 Å². The van der Waals surface area contributed by atoms with Gasteiger partial charge in [0, 0.05) is 22.3 Å². The molecule has 4 nitrogen and oxygen atoms in total. The molecular weight excluding hydrogens is 323 g/mol. The molecule has 4 aromatic rings. The molecule has 0 aliphatic carbocycles. The maximum atomic E-state index is 13.2. The normalized spacial score (nSPS) is 10.9. The largest absolute Gasteiger partial charge is 0.399 e. The molecule has 0 radical (unpaired) electrons. The van der Waals surface area contributed by atoms with Crippen LogP contribution in [-0.2, 0) is 0 Å². The summed E-state index contributed by atoms with van der Waals surface area (Å²) < 4.78 is 13.2. The van der Waals surface area contributed by atoms with E-state index in [9.17, 15) is 4.39 Å². The predicted molar refractivity (Wildman–Crippen MR) is 96.9 cm³/mol. The monoisotopic (exact) mass is 336 g/mol. The van der Waals surface area contributed by atoms with Gasteiger partial charge in [-0.2, -0.15) is 0 Å². The van der Waals surface area contributed by atoms with Crippen LogP contribution in [0.2, 0.25) is 0 Å². The van der Waals surface area contributed by atoms with Crippen LogP contribution < -0.4 is 11.1 Å². The summed E-state index contributed by atoms with van der Waals surface area (Å²) in [4.78, 5) is 9.59. The molecule has 6 heteroatoms. The number of anilines is 3. The van der Waals surface area contributed by atoms with Crippen LogP contribution in [0.4, 0.5) is 21.6 Å². The zero-order valence-electron chi connectivity index (χ0n) is 12.5. The van der Waals surface area contributed by atoms with Crippen molar-refractivity contribution in [3.8, 4) is 11.1 Å². The van der Waals surface area contributed by atoms with Crippen LogP contribution in [0, 0.1) is 5.82 Å². The fourth-order valence-corrected chi connectivity index (χ4v) is 3.43. The van der Waals surface area contributed by atoms with E-state index in [0.29, 0.717) is 11.5 Å². The molecule has 0 aliphatic heterocycles. The summed E-state index contributed by atoms with van der Waals surface area (Å²) >= 11 is 1.54. The van der Waals surface area contributed by atoms with E-state index in [-0.39, 0.29) is 5.82 Å². The van der Waals surface area contributed by atoms with Gasteiger partial charge in [-0.05, 0) is 42.0 Å². The van der Waals surface area contributed by atoms with Crippen LogP contribution in [0.3, 0.4) is 0 Å². The van der Waals surface area contributed by atoms with Crippen LogP contribution in [0.5, 0.6) is 0 Å². The fourth-order valence-electron chi connectivity index (χ4n) is 2.51. The molecular formula is C18H13FN4S. The zero-order valence-corrected chi connectivity index (χ0v) is 13.3. The number of nitrogens with two attached hydrogens (primary N) is 1. The molecule has 2 heterocycles. The first-order valence-electron chi connectivity index (χ1n) is 7.31. The quantitative estimate of drug-likeness (QED) is 0.526. The van der Waals surface area contributed by atoms with Crippen molar-refractivity contribution in [1.82, 2.24) is 9.97 Å². The number of nitrogens with one attached hydrogen (secondary N) is 1. The smallest absolute Gasteiger partial charge is 0.143 e. The second-order valence-electron chi connectivity index (χ2n) is 5.31. The third-order valence-electron chi connectivity index (χ3n) is 3.70. The first-order valence-corrected chi connectivity index (χ1v) is 8.19. The molecule has 118 valence electrons. The van der Waals surface area contributed by atoms with Gasteiger partial charge in [0.15, 0.2) is 0 Å². The Morgan fingerprint density at radius 2 is 1.71 bits per heavy atom. The average Bonchev–Trinajstić information content (AvgIpc) is 3.03. The Bertz CT molecular complexity index is 994. The molecule has 0 saturated carbocycles. The van der Waals surface area contributed by atoms with Crippen molar-refractivity contribution in [2.24, 2.45) is 0 Å². The van der Waals surface area contributed by atoms with Gasteiger partial charge in [0.05, 0.1) is 5.39 Å². The van der Waals surface area contributed by atoms with E-state index in [1.807, 2.05) is 29.6 Å². The maximum Gasteiger partial charge on any atom is 0.143 e. The molecule has 2 aromatic heterocycles. The summed E-state index contributed by atoms with van der Waals surface area (Å²) in [5.41, 5.74) is 9.23. The molecule has 2 aromatic carbocycles. The van der Waals surface area contributed by atoms with Gasteiger partial charge in [0.1, 0.15) is 22.8 Å². The summed E-state index contributed by atoms with van der Waals surface area (Å²) in [7, 11) is 0. The molecule has 4 rings (SSSR count). The Morgan fingerprint density at radius 3 is 2.46 bits per heavy atom. The lowest BCUT2D eigenvalue weighted by molar-refractivity contribution is 0.628. The number of benzene rings is 2. The highest BCUT2D eigenvalue weighted by Crippen LogP contribution is 2.37. The molecule has 0 aliphatic rings. The van der Waals surface area contributed by atoms with Crippen molar-refractivity contribution in [2.45, 2.75) is 0 Å². The SMILES string of the molecule is Nc1ccc(Nc2ncnc3scc(-c4ccc(F)cc4)c23)cc1. The highest BCUT2D eigenvalue weighted by molar-refractivity contribution is 7.17. The third kappa shape index (κ3) is 2.68. The number of thiophene rings is 1. The number of hydrogen-bond acceptors (Lipinski definition) is 5. The summed E-state index contributed by atoms with van der Waals surface area (Å²) in [6.45, 7) is 0. The minimum atomic E-state index is -0.255. The molecule has 0 bridgehead atoms. The van der Waals surface area contributed by atoms with Gasteiger partial charge < -0.3 is 11.1 Å². The minimum absolute atomic E-state index is 0.255. The van der Waals surface area contributed by atoms with Crippen molar-refractivity contribution >= 4 is 38.7 Å². The van der Waals surface area contributed by atoms with Crippen molar-refractivity contribution < 1.29 is 4.39 Å². The van der Waals surface area contributed by atoms with Gasteiger partial charge in [-0.3, -0.25) is 0 Å². The van der Waals surface area contributed by atoms with Gasteiger partial charge in [-0.25, -0.2) is 14.4 Å². The molecule has 0 unspecified atom stereocenters. The van der Waals surface area contributed by atoms with Crippen LogP contribution in [-0.4, -0.2) is 9.97 Å². The first kappa shape index (κ1) is 14.6. The molecule has 0 atom stereocenters. The number of halogens is 1. The summed E-state index contributed by atoms with van der Waals surface area (Å²) in [6, 6.07) is 13.9. The highest BCUT2D eigenvalue weighted by atomic mass is 32.1. The zero-order chi connectivity index (χ0) is 16.5. The van der Waals surface area contributed by atoms with Crippen molar-refractivity contribution in [1.29, 1.82) is 0 Å². The summed E-state index contributed by atoms with van der Waals surface area (Å²) in [5, 5.41) is 6.24. The molecule has 3 N–H and O–H groups in total. The molecule has 0 fully saturated rings. The third-order valence-corrected chi connectivity index (χ3v) is 4.59. The van der Waals surface area contributed by atoms with Crippen LogP contribution >= 0.6 is 11.3 Å². The lowest BCUT2D eigenvalue weighted by Crippen LogP contribution is -1.96. The summed E-state index contributed by atoms with van der Waals surface area (Å²) in [5.74, 6) is 0.458. The van der Waals surface area contributed by atoms with Gasteiger partial charge in [0.2, 0.25) is 0 Å². The van der Waals surface area contributed by atoms with Crippen LogP contribution in [0.25, 0.3) is 21.3 Å². The van der Waals surface area contributed by atoms with E-state index < -0.39 is 0 Å². The molecule has 0 spiro atoms. The Morgan fingerprint density at radius 1 is 0.958 bits per heavy atom. The topological polar surface area (TPSA) is 63.8 Å². The number of nitrogens with zero attached hydrogens (tertiary/aromatic N) is 2. The number of nitrogen functional groups attached to an aromatic ring is 1. The average molecular weight is 336 g/mol. The second kappa shape index (κ2) is 5.90. The highest BCUT2D eigenvalue weighted by Gasteiger charge is 2.13. The molecule has 24 heavy (non-hydrogen) atoms. The fraction of sp³-hybridized carbons (Fsp3) is 0. The Kier molecular flexibility index (Phi) is 3.59. The van der Waals surface area contributed by atoms with Crippen molar-refractivity contribution in [3.63, 3.8) is 0 Å². The number of rotatable bonds is 3. The van der Waals surface area contributed by atoms with Crippen molar-refractivity contribution in [2.75, 3.05) is 11.1 Å². The first-order chi connectivity index (χ1) is 11.7. The Balaban J connectivity index is 1.82. The van der Waals surface area contributed by atoms with Crippen molar-refractivity contribution in [3.05, 3.63) is 66.1 Å².